The highest BCUT2D eigenvalue weighted by molar-refractivity contribution is 5.04. The van der Waals surface area contributed by atoms with Gasteiger partial charge in [-0.15, -0.1) is 0 Å². The standard InChI is InChI=1S/C14H25N3/c1-4-15-8-13-9-16-17(10-13)14-6-11(2)5-12(3)7-14/h9-12,14-15H,4-8H2,1-3H3. The van der Waals surface area contributed by atoms with Gasteiger partial charge in [-0.2, -0.15) is 5.10 Å². The van der Waals surface area contributed by atoms with Gasteiger partial charge >= 0.3 is 0 Å². The van der Waals surface area contributed by atoms with E-state index in [1.54, 1.807) is 0 Å². The van der Waals surface area contributed by atoms with E-state index in [1.165, 1.54) is 24.8 Å². The highest BCUT2D eigenvalue weighted by atomic mass is 15.3. The molecule has 0 aromatic carbocycles. The molecule has 2 unspecified atom stereocenters. The van der Waals surface area contributed by atoms with Gasteiger partial charge in [0.2, 0.25) is 0 Å². The highest BCUT2D eigenvalue weighted by Gasteiger charge is 2.25. The summed E-state index contributed by atoms with van der Waals surface area (Å²) in [6, 6.07) is 0.615. The lowest BCUT2D eigenvalue weighted by Gasteiger charge is -2.31. The summed E-state index contributed by atoms with van der Waals surface area (Å²) >= 11 is 0. The smallest absolute Gasteiger partial charge is 0.0534 e. The molecule has 0 amide bonds. The first-order chi connectivity index (χ1) is 8.19. The van der Waals surface area contributed by atoms with Crippen molar-refractivity contribution in [2.75, 3.05) is 6.54 Å². The van der Waals surface area contributed by atoms with Gasteiger partial charge in [0.15, 0.2) is 0 Å². The molecule has 0 aliphatic heterocycles. The van der Waals surface area contributed by atoms with E-state index < -0.39 is 0 Å². The van der Waals surface area contributed by atoms with E-state index in [9.17, 15) is 0 Å². The van der Waals surface area contributed by atoms with Gasteiger partial charge in [0, 0.05) is 18.3 Å². The van der Waals surface area contributed by atoms with Crippen LogP contribution in [0.2, 0.25) is 0 Å². The number of rotatable bonds is 4. The number of nitrogens with one attached hydrogen (secondary N) is 1. The van der Waals surface area contributed by atoms with Gasteiger partial charge in [0.1, 0.15) is 0 Å². The van der Waals surface area contributed by atoms with Crippen molar-refractivity contribution in [1.82, 2.24) is 15.1 Å². The van der Waals surface area contributed by atoms with Crippen molar-refractivity contribution in [1.29, 1.82) is 0 Å². The monoisotopic (exact) mass is 235 g/mol. The zero-order chi connectivity index (χ0) is 12.3. The molecule has 3 heteroatoms. The minimum absolute atomic E-state index is 0.615. The summed E-state index contributed by atoms with van der Waals surface area (Å²) in [6.45, 7) is 8.82. The number of hydrogen-bond acceptors (Lipinski definition) is 2. The van der Waals surface area contributed by atoms with Crippen LogP contribution in [0, 0.1) is 11.8 Å². The summed E-state index contributed by atoms with van der Waals surface area (Å²) in [5.41, 5.74) is 1.30. The number of hydrogen-bond donors (Lipinski definition) is 1. The van der Waals surface area contributed by atoms with Crippen molar-refractivity contribution >= 4 is 0 Å². The number of aromatic nitrogens is 2. The highest BCUT2D eigenvalue weighted by Crippen LogP contribution is 2.35. The molecule has 0 saturated heterocycles. The second-order valence-corrected chi connectivity index (χ2v) is 5.68. The first-order valence-corrected chi connectivity index (χ1v) is 6.92. The molecule has 17 heavy (non-hydrogen) atoms. The third-order valence-corrected chi connectivity index (χ3v) is 3.76. The molecule has 96 valence electrons. The fourth-order valence-corrected chi connectivity index (χ4v) is 3.06. The van der Waals surface area contributed by atoms with Crippen LogP contribution in [0.1, 0.15) is 51.6 Å². The van der Waals surface area contributed by atoms with Crippen LogP contribution in [0.25, 0.3) is 0 Å². The van der Waals surface area contributed by atoms with Gasteiger partial charge in [-0.1, -0.05) is 20.8 Å². The predicted octanol–water partition coefficient (Wildman–Crippen LogP) is 2.99. The summed E-state index contributed by atoms with van der Waals surface area (Å²) in [5, 5.41) is 7.88. The van der Waals surface area contributed by atoms with Gasteiger partial charge in [0.05, 0.1) is 12.2 Å². The molecule has 3 nitrogen and oxygen atoms in total. The summed E-state index contributed by atoms with van der Waals surface area (Å²) < 4.78 is 2.19. The third kappa shape index (κ3) is 3.32. The zero-order valence-corrected chi connectivity index (χ0v) is 11.3. The van der Waals surface area contributed by atoms with Crippen LogP contribution in [0.5, 0.6) is 0 Å². The molecule has 1 aliphatic rings. The maximum Gasteiger partial charge on any atom is 0.0534 e. The maximum atomic E-state index is 4.54. The second-order valence-electron chi connectivity index (χ2n) is 5.68. The van der Waals surface area contributed by atoms with E-state index in [0.717, 1.165) is 24.9 Å². The zero-order valence-electron chi connectivity index (χ0n) is 11.3. The Morgan fingerprint density at radius 1 is 1.29 bits per heavy atom. The minimum atomic E-state index is 0.615. The molecular weight excluding hydrogens is 210 g/mol. The Labute approximate surface area is 105 Å². The molecule has 2 atom stereocenters. The minimum Gasteiger partial charge on any atom is -0.313 e. The lowest BCUT2D eigenvalue weighted by molar-refractivity contribution is 0.210. The van der Waals surface area contributed by atoms with Gasteiger partial charge in [-0.3, -0.25) is 4.68 Å². The summed E-state index contributed by atoms with van der Waals surface area (Å²) in [5.74, 6) is 1.68. The van der Waals surface area contributed by atoms with Crippen molar-refractivity contribution in [3.05, 3.63) is 18.0 Å². The van der Waals surface area contributed by atoms with Crippen LogP contribution >= 0.6 is 0 Å². The Hall–Kier alpha value is -0.830. The average Bonchev–Trinajstić information content (AvgIpc) is 2.73. The molecule has 0 spiro atoms. The van der Waals surface area contributed by atoms with E-state index in [0.29, 0.717) is 6.04 Å². The topological polar surface area (TPSA) is 29.9 Å². The molecule has 1 aromatic heterocycles. The molecule has 1 saturated carbocycles. The summed E-state index contributed by atoms with van der Waals surface area (Å²) in [7, 11) is 0. The average molecular weight is 235 g/mol. The quantitative estimate of drug-likeness (QED) is 0.869. The Morgan fingerprint density at radius 2 is 2.00 bits per heavy atom. The Kier molecular flexibility index (Phi) is 4.21. The van der Waals surface area contributed by atoms with E-state index in [4.69, 9.17) is 0 Å². The van der Waals surface area contributed by atoms with E-state index >= 15 is 0 Å². The van der Waals surface area contributed by atoms with E-state index in [2.05, 4.69) is 42.1 Å². The van der Waals surface area contributed by atoms with Crippen LogP contribution < -0.4 is 5.32 Å². The first-order valence-electron chi connectivity index (χ1n) is 6.92. The van der Waals surface area contributed by atoms with E-state index in [1.807, 2.05) is 6.20 Å². The fraction of sp³-hybridized carbons (Fsp3) is 0.786. The molecule has 1 aliphatic carbocycles. The lowest BCUT2D eigenvalue weighted by Crippen LogP contribution is -2.23. The first kappa shape index (κ1) is 12.6. The maximum absolute atomic E-state index is 4.54. The molecule has 1 heterocycles. The molecule has 1 fully saturated rings. The lowest BCUT2D eigenvalue weighted by atomic mass is 9.80. The van der Waals surface area contributed by atoms with Crippen molar-refractivity contribution in [2.24, 2.45) is 11.8 Å². The van der Waals surface area contributed by atoms with Gasteiger partial charge in [0.25, 0.3) is 0 Å². The summed E-state index contributed by atoms with van der Waals surface area (Å²) in [6.07, 6.45) is 8.17. The van der Waals surface area contributed by atoms with Gasteiger partial charge in [-0.25, -0.2) is 0 Å². The molecular formula is C14H25N3. The molecule has 2 rings (SSSR count). The summed E-state index contributed by atoms with van der Waals surface area (Å²) in [4.78, 5) is 0. The SMILES string of the molecule is CCNCc1cnn(C2CC(C)CC(C)C2)c1. The van der Waals surface area contributed by atoms with Crippen LogP contribution in [0.3, 0.4) is 0 Å². The van der Waals surface area contributed by atoms with Crippen molar-refractivity contribution in [2.45, 2.75) is 52.6 Å². The van der Waals surface area contributed by atoms with Crippen LogP contribution in [0.4, 0.5) is 0 Å². The van der Waals surface area contributed by atoms with Crippen LogP contribution in [-0.2, 0) is 6.54 Å². The molecule has 1 aromatic rings. The van der Waals surface area contributed by atoms with E-state index in [-0.39, 0.29) is 0 Å². The predicted molar refractivity (Wildman–Crippen MR) is 70.8 cm³/mol. The fourth-order valence-electron chi connectivity index (χ4n) is 3.06. The number of nitrogens with zero attached hydrogens (tertiary/aromatic N) is 2. The Bertz CT molecular complexity index is 335. The van der Waals surface area contributed by atoms with Crippen LogP contribution in [0.15, 0.2) is 12.4 Å². The second kappa shape index (κ2) is 5.67. The van der Waals surface area contributed by atoms with Crippen LogP contribution in [-0.4, -0.2) is 16.3 Å². The largest absolute Gasteiger partial charge is 0.313 e. The normalized spacial score (nSPS) is 29.5. The van der Waals surface area contributed by atoms with Crippen molar-refractivity contribution in [3.63, 3.8) is 0 Å². The van der Waals surface area contributed by atoms with Gasteiger partial charge in [-0.05, 0) is 37.6 Å². The molecule has 0 bridgehead atoms. The Balaban J connectivity index is 1.98. The van der Waals surface area contributed by atoms with Crippen molar-refractivity contribution < 1.29 is 0 Å². The van der Waals surface area contributed by atoms with Gasteiger partial charge < -0.3 is 5.32 Å². The van der Waals surface area contributed by atoms with Crippen molar-refractivity contribution in [3.8, 4) is 0 Å². The molecule has 1 N–H and O–H groups in total. The third-order valence-electron chi connectivity index (χ3n) is 3.76. The Morgan fingerprint density at radius 3 is 2.65 bits per heavy atom. The molecule has 0 radical (unpaired) electrons.